The topological polar surface area (TPSA) is 111 Å². The molecule has 0 fully saturated rings. The number of carbonyl (C=O) groups is 2. The Balaban J connectivity index is 1.55. The number of esters is 1. The van der Waals surface area contributed by atoms with Crippen LogP contribution < -0.4 is 4.90 Å². The second kappa shape index (κ2) is 11.9. The molecular weight excluding hydrogens is 520 g/mol. The van der Waals surface area contributed by atoms with E-state index in [2.05, 4.69) is 4.98 Å². The van der Waals surface area contributed by atoms with E-state index < -0.39 is 5.97 Å². The minimum atomic E-state index is -0.468. The highest BCUT2D eigenvalue weighted by Gasteiger charge is 2.22. The molecule has 0 atom stereocenters. The van der Waals surface area contributed by atoms with Gasteiger partial charge >= 0.3 is 5.97 Å². The average Bonchev–Trinajstić information content (AvgIpc) is 3.64. The number of fused-ring (bicyclic) bond motifs is 1. The third-order valence-electron chi connectivity index (χ3n) is 6.63. The number of aromatic hydroxyl groups is 1. The quantitative estimate of drug-likeness (QED) is 0.182. The molecular formula is C32H30N4O5. The van der Waals surface area contributed by atoms with E-state index >= 15 is 0 Å². The molecule has 0 bridgehead atoms. The Bertz CT molecular complexity index is 1690. The number of aromatic amines is 1. The average molecular weight is 551 g/mol. The number of amides is 1. The Kier molecular flexibility index (Phi) is 7.98. The van der Waals surface area contributed by atoms with Crippen molar-refractivity contribution in [3.63, 3.8) is 0 Å². The van der Waals surface area contributed by atoms with Crippen LogP contribution in [0.2, 0.25) is 0 Å². The zero-order chi connectivity index (χ0) is 28.9. The van der Waals surface area contributed by atoms with E-state index in [0.717, 1.165) is 5.56 Å². The zero-order valence-electron chi connectivity index (χ0n) is 23.0. The number of likely N-dealkylation sites (N-methyl/N-ethyl adjacent to an activating group) is 1. The molecule has 5 aromatic rings. The number of furan rings is 1. The Labute approximate surface area is 237 Å². The number of rotatable bonds is 9. The maximum Gasteiger partial charge on any atom is 0.337 e. The summed E-state index contributed by atoms with van der Waals surface area (Å²) in [6.07, 6.45) is 1.48. The van der Waals surface area contributed by atoms with Crippen LogP contribution in [0.3, 0.4) is 0 Å². The van der Waals surface area contributed by atoms with Crippen molar-refractivity contribution in [2.75, 3.05) is 39.2 Å². The van der Waals surface area contributed by atoms with Crippen LogP contribution in [-0.2, 0) is 4.74 Å². The largest absolute Gasteiger partial charge is 0.494 e. The lowest BCUT2D eigenvalue weighted by Crippen LogP contribution is -2.36. The van der Waals surface area contributed by atoms with Crippen LogP contribution in [-0.4, -0.2) is 66.9 Å². The first-order valence-corrected chi connectivity index (χ1v) is 13.0. The number of aromatic nitrogens is 1. The van der Waals surface area contributed by atoms with Gasteiger partial charge in [0.1, 0.15) is 0 Å². The summed E-state index contributed by atoms with van der Waals surface area (Å²) in [5.41, 5.74) is 4.13. The van der Waals surface area contributed by atoms with Crippen molar-refractivity contribution >= 4 is 39.9 Å². The number of aliphatic imine (C=N–C) groups is 1. The minimum Gasteiger partial charge on any atom is -0.494 e. The molecule has 1 amide bonds. The van der Waals surface area contributed by atoms with Crippen LogP contribution in [0.5, 0.6) is 5.88 Å². The van der Waals surface area contributed by atoms with E-state index in [-0.39, 0.29) is 17.5 Å². The molecule has 0 unspecified atom stereocenters. The fourth-order valence-electron chi connectivity index (χ4n) is 4.55. The Morgan fingerprint density at radius 1 is 0.927 bits per heavy atom. The van der Waals surface area contributed by atoms with E-state index in [9.17, 15) is 14.7 Å². The highest BCUT2D eigenvalue weighted by molar-refractivity contribution is 6.22. The van der Waals surface area contributed by atoms with Crippen LogP contribution in [0, 0.1) is 0 Å². The first-order chi connectivity index (χ1) is 19.9. The lowest BCUT2D eigenvalue weighted by atomic mass is 10.00. The lowest BCUT2D eigenvalue weighted by molar-refractivity contribution is 0.0600. The SMILES string of the molecule is COC(=O)c1ccc2c(C(=Nc3ccc(N(CCN(C)C)C(=O)c4ccco4)cc3)c3ccccc3)c(O)[nH]c2c1. The number of carbonyl (C=O) groups excluding carboxylic acids is 2. The van der Waals surface area contributed by atoms with Crippen molar-refractivity contribution in [3.05, 3.63) is 114 Å². The summed E-state index contributed by atoms with van der Waals surface area (Å²) < 4.78 is 10.2. The third kappa shape index (κ3) is 5.90. The van der Waals surface area contributed by atoms with Crippen molar-refractivity contribution in [3.8, 4) is 5.88 Å². The summed E-state index contributed by atoms with van der Waals surface area (Å²) in [6, 6.07) is 25.3. The minimum absolute atomic E-state index is 0.0693. The van der Waals surface area contributed by atoms with Crippen molar-refractivity contribution in [2.45, 2.75) is 0 Å². The molecule has 9 nitrogen and oxygen atoms in total. The molecule has 0 aliphatic carbocycles. The second-order valence-electron chi connectivity index (χ2n) is 9.68. The van der Waals surface area contributed by atoms with E-state index in [1.165, 1.54) is 13.4 Å². The fourth-order valence-corrected chi connectivity index (χ4v) is 4.55. The summed E-state index contributed by atoms with van der Waals surface area (Å²) in [4.78, 5) is 36.8. The fraction of sp³-hybridized carbons (Fsp3) is 0.156. The molecule has 0 spiro atoms. The van der Waals surface area contributed by atoms with Crippen LogP contribution in [0.25, 0.3) is 10.9 Å². The summed E-state index contributed by atoms with van der Waals surface area (Å²) in [6.45, 7) is 1.14. The number of hydrogen-bond donors (Lipinski definition) is 2. The molecule has 208 valence electrons. The van der Waals surface area contributed by atoms with Gasteiger partial charge in [-0.05, 0) is 62.6 Å². The van der Waals surface area contributed by atoms with Gasteiger partial charge in [0.05, 0.1) is 35.9 Å². The molecule has 3 aromatic carbocycles. The number of benzene rings is 3. The van der Waals surface area contributed by atoms with Crippen molar-refractivity contribution in [1.82, 2.24) is 9.88 Å². The highest BCUT2D eigenvalue weighted by Crippen LogP contribution is 2.33. The Morgan fingerprint density at radius 2 is 1.68 bits per heavy atom. The number of anilines is 1. The van der Waals surface area contributed by atoms with Crippen LogP contribution in [0.1, 0.15) is 32.0 Å². The smallest absolute Gasteiger partial charge is 0.337 e. The maximum absolute atomic E-state index is 13.2. The van der Waals surface area contributed by atoms with Gasteiger partial charge in [-0.2, -0.15) is 0 Å². The molecule has 0 radical (unpaired) electrons. The van der Waals surface area contributed by atoms with Crippen molar-refractivity contribution in [2.24, 2.45) is 4.99 Å². The molecule has 2 N–H and O–H groups in total. The molecule has 0 aliphatic rings. The lowest BCUT2D eigenvalue weighted by Gasteiger charge is -2.23. The molecule has 5 rings (SSSR count). The molecule has 0 saturated carbocycles. The van der Waals surface area contributed by atoms with E-state index in [1.54, 1.807) is 35.2 Å². The summed E-state index contributed by atoms with van der Waals surface area (Å²) in [7, 11) is 5.23. The Morgan fingerprint density at radius 3 is 2.34 bits per heavy atom. The van der Waals surface area contributed by atoms with Crippen molar-refractivity contribution < 1.29 is 23.8 Å². The molecule has 0 saturated heterocycles. The van der Waals surface area contributed by atoms with Crippen LogP contribution in [0.15, 0.2) is 101 Å². The maximum atomic E-state index is 13.2. The van der Waals surface area contributed by atoms with Gasteiger partial charge < -0.3 is 29.0 Å². The van der Waals surface area contributed by atoms with E-state index in [4.69, 9.17) is 14.1 Å². The predicted molar refractivity (Wildman–Crippen MR) is 158 cm³/mol. The predicted octanol–water partition coefficient (Wildman–Crippen LogP) is 5.63. The van der Waals surface area contributed by atoms with Gasteiger partial charge in [-0.15, -0.1) is 0 Å². The summed E-state index contributed by atoms with van der Waals surface area (Å²) in [5.74, 6) is -0.500. The zero-order valence-corrected chi connectivity index (χ0v) is 23.0. The van der Waals surface area contributed by atoms with Crippen molar-refractivity contribution in [1.29, 1.82) is 0 Å². The van der Waals surface area contributed by atoms with Gasteiger partial charge in [0.25, 0.3) is 5.91 Å². The number of nitrogens with one attached hydrogen (secondary N) is 1. The monoisotopic (exact) mass is 550 g/mol. The molecule has 2 aromatic heterocycles. The van der Waals surface area contributed by atoms with Crippen LogP contribution in [0.4, 0.5) is 11.4 Å². The Hall–Kier alpha value is -5.15. The molecule has 0 aliphatic heterocycles. The number of nitrogens with zero attached hydrogens (tertiary/aromatic N) is 3. The van der Waals surface area contributed by atoms with Gasteiger partial charge in [-0.3, -0.25) is 4.79 Å². The van der Waals surface area contributed by atoms with E-state index in [1.807, 2.05) is 73.6 Å². The van der Waals surface area contributed by atoms with Gasteiger partial charge in [-0.25, -0.2) is 9.79 Å². The second-order valence-corrected chi connectivity index (χ2v) is 9.68. The number of methoxy groups -OCH3 is 1. The summed E-state index contributed by atoms with van der Waals surface area (Å²) >= 11 is 0. The molecule has 2 heterocycles. The number of ether oxygens (including phenoxy) is 1. The first kappa shape index (κ1) is 27.4. The molecule has 9 heteroatoms. The third-order valence-corrected chi connectivity index (χ3v) is 6.63. The van der Waals surface area contributed by atoms with Gasteiger partial charge in [0, 0.05) is 35.2 Å². The standard InChI is InChI=1S/C32H30N4O5/c1-35(2)17-18-36(31(38)27-10-7-19-41-27)24-14-12-23(13-15-24)33-29(21-8-5-4-6-9-21)28-25-16-11-22(32(39)40-3)20-26(25)34-30(28)37/h4-16,19-20,34,37H,17-18H2,1-3H3. The van der Waals surface area contributed by atoms with Gasteiger partial charge in [0.15, 0.2) is 11.6 Å². The van der Waals surface area contributed by atoms with Crippen LogP contribution >= 0.6 is 0 Å². The first-order valence-electron chi connectivity index (χ1n) is 13.0. The molecule has 41 heavy (non-hydrogen) atoms. The van der Waals surface area contributed by atoms with E-state index in [0.29, 0.717) is 52.2 Å². The number of H-pyrrole nitrogens is 1. The number of hydrogen-bond acceptors (Lipinski definition) is 7. The highest BCUT2D eigenvalue weighted by atomic mass is 16.5. The normalized spacial score (nSPS) is 11.7. The summed E-state index contributed by atoms with van der Waals surface area (Å²) in [5, 5.41) is 11.7. The van der Waals surface area contributed by atoms with Gasteiger partial charge in [-0.1, -0.05) is 36.4 Å². The van der Waals surface area contributed by atoms with Gasteiger partial charge in [0.2, 0.25) is 0 Å².